The van der Waals surface area contributed by atoms with Crippen molar-refractivity contribution in [3.8, 4) is 0 Å². The Morgan fingerprint density at radius 2 is 1.79 bits per heavy atom. The van der Waals surface area contributed by atoms with Gasteiger partial charge in [-0.1, -0.05) is 6.42 Å². The van der Waals surface area contributed by atoms with Crippen molar-refractivity contribution in [3.63, 3.8) is 0 Å². The molecule has 14 heavy (non-hydrogen) atoms. The lowest BCUT2D eigenvalue weighted by molar-refractivity contribution is -0.275. The van der Waals surface area contributed by atoms with Gasteiger partial charge in [0.25, 0.3) is 0 Å². The van der Waals surface area contributed by atoms with Gasteiger partial charge in [-0.05, 0) is 25.9 Å². The molecule has 84 valence electrons. The second-order valence-electron chi connectivity index (χ2n) is 3.88. The summed E-state index contributed by atoms with van der Waals surface area (Å²) < 4.78 is 10.6. The second-order valence-corrected chi connectivity index (χ2v) is 3.88. The molecule has 4 heteroatoms. The van der Waals surface area contributed by atoms with Crippen LogP contribution in [-0.4, -0.2) is 51.1 Å². The smallest absolute Gasteiger partial charge is 0.193 e. The Balaban J connectivity index is 2.03. The van der Waals surface area contributed by atoms with Crippen molar-refractivity contribution in [1.29, 1.82) is 0 Å². The minimum absolute atomic E-state index is 0.326. The van der Waals surface area contributed by atoms with Crippen molar-refractivity contribution in [2.45, 2.75) is 25.0 Å². The molecular formula is C10H22N2O2. The van der Waals surface area contributed by atoms with E-state index in [4.69, 9.17) is 15.2 Å². The number of hydrogen-bond acceptors (Lipinski definition) is 4. The first-order chi connectivity index (χ1) is 6.76. The van der Waals surface area contributed by atoms with Gasteiger partial charge in [-0.2, -0.15) is 0 Å². The maximum Gasteiger partial charge on any atom is 0.193 e. The van der Waals surface area contributed by atoms with E-state index in [1.807, 2.05) is 0 Å². The van der Waals surface area contributed by atoms with Crippen LogP contribution in [0.25, 0.3) is 0 Å². The predicted octanol–water partition coefficient (Wildman–Crippen LogP) is 0.420. The molecule has 1 rings (SSSR count). The quantitative estimate of drug-likeness (QED) is 0.480. The summed E-state index contributed by atoms with van der Waals surface area (Å²) in [5, 5.41) is 0. The van der Waals surface area contributed by atoms with Gasteiger partial charge in [0.15, 0.2) is 5.79 Å². The van der Waals surface area contributed by atoms with Crippen molar-refractivity contribution in [2.24, 2.45) is 5.73 Å². The molecule has 0 aromatic carbocycles. The summed E-state index contributed by atoms with van der Waals surface area (Å²) in [5.41, 5.74) is 5.42. The molecule has 0 aromatic heterocycles. The lowest BCUT2D eigenvalue weighted by atomic mass is 10.1. The van der Waals surface area contributed by atoms with E-state index in [0.717, 1.165) is 32.6 Å². The first kappa shape index (κ1) is 11.9. The first-order valence-corrected chi connectivity index (χ1v) is 5.29. The summed E-state index contributed by atoms with van der Waals surface area (Å²) in [6.07, 6.45) is 3.58. The molecule has 0 atom stereocenters. The lowest BCUT2D eigenvalue weighted by Crippen LogP contribution is -2.63. The van der Waals surface area contributed by atoms with E-state index in [1.54, 1.807) is 14.2 Å². The monoisotopic (exact) mass is 202 g/mol. The molecule has 0 radical (unpaired) electrons. The number of rotatable bonds is 7. The number of nitrogens with two attached hydrogens (primary N) is 1. The molecule has 2 N–H and O–H groups in total. The Bertz CT molecular complexity index is 152. The fourth-order valence-electron chi connectivity index (χ4n) is 1.79. The Kier molecular flexibility index (Phi) is 4.81. The van der Waals surface area contributed by atoms with Gasteiger partial charge in [0, 0.05) is 14.2 Å². The molecule has 1 aliphatic heterocycles. The van der Waals surface area contributed by atoms with E-state index < -0.39 is 0 Å². The summed E-state index contributed by atoms with van der Waals surface area (Å²) in [6.45, 7) is 3.72. The van der Waals surface area contributed by atoms with Crippen molar-refractivity contribution >= 4 is 0 Å². The van der Waals surface area contributed by atoms with E-state index in [1.165, 1.54) is 12.8 Å². The van der Waals surface area contributed by atoms with E-state index in [0.29, 0.717) is 0 Å². The molecule has 0 amide bonds. The van der Waals surface area contributed by atoms with Crippen LogP contribution in [0.5, 0.6) is 0 Å². The Hall–Kier alpha value is -0.160. The highest BCUT2D eigenvalue weighted by Crippen LogP contribution is 2.25. The third-order valence-electron chi connectivity index (χ3n) is 2.85. The highest BCUT2D eigenvalue weighted by molar-refractivity contribution is 4.88. The van der Waals surface area contributed by atoms with E-state index in [2.05, 4.69) is 4.90 Å². The average Bonchev–Trinajstić information content (AvgIpc) is 2.16. The third kappa shape index (κ3) is 2.92. The van der Waals surface area contributed by atoms with Crippen LogP contribution in [0.3, 0.4) is 0 Å². The molecule has 1 fully saturated rings. The Labute approximate surface area is 86.3 Å². The molecule has 1 aliphatic rings. The standard InChI is InChI=1S/C10H22N2O2/c1-13-10(14-2)8-12(9-10)7-5-3-4-6-11/h3-9,11H2,1-2H3. The molecule has 0 aromatic rings. The molecule has 0 spiro atoms. The maximum atomic E-state index is 5.42. The molecule has 0 unspecified atom stereocenters. The molecular weight excluding hydrogens is 180 g/mol. The summed E-state index contributed by atoms with van der Waals surface area (Å²) in [4.78, 5) is 2.35. The highest BCUT2D eigenvalue weighted by atomic mass is 16.7. The fourth-order valence-corrected chi connectivity index (χ4v) is 1.79. The van der Waals surface area contributed by atoms with Gasteiger partial charge in [0.1, 0.15) is 0 Å². The lowest BCUT2D eigenvalue weighted by Gasteiger charge is -2.47. The van der Waals surface area contributed by atoms with Crippen LogP contribution >= 0.6 is 0 Å². The molecule has 0 bridgehead atoms. The van der Waals surface area contributed by atoms with E-state index in [-0.39, 0.29) is 5.79 Å². The number of nitrogens with zero attached hydrogens (tertiary/aromatic N) is 1. The normalized spacial score (nSPS) is 20.8. The van der Waals surface area contributed by atoms with Gasteiger partial charge in [-0.25, -0.2) is 0 Å². The zero-order valence-corrected chi connectivity index (χ0v) is 9.29. The number of likely N-dealkylation sites (tertiary alicyclic amines) is 1. The number of hydrogen-bond donors (Lipinski definition) is 1. The summed E-state index contributed by atoms with van der Waals surface area (Å²) in [7, 11) is 3.41. The molecule has 1 heterocycles. The van der Waals surface area contributed by atoms with Gasteiger partial charge < -0.3 is 15.2 Å². The topological polar surface area (TPSA) is 47.7 Å². The Morgan fingerprint density at radius 1 is 1.14 bits per heavy atom. The van der Waals surface area contributed by atoms with E-state index in [9.17, 15) is 0 Å². The van der Waals surface area contributed by atoms with Crippen LogP contribution in [0.15, 0.2) is 0 Å². The van der Waals surface area contributed by atoms with Crippen LogP contribution < -0.4 is 5.73 Å². The van der Waals surface area contributed by atoms with Gasteiger partial charge in [-0.3, -0.25) is 4.90 Å². The molecule has 1 saturated heterocycles. The fraction of sp³-hybridized carbons (Fsp3) is 1.00. The average molecular weight is 202 g/mol. The first-order valence-electron chi connectivity index (χ1n) is 5.29. The van der Waals surface area contributed by atoms with Crippen LogP contribution in [0.4, 0.5) is 0 Å². The molecule has 0 saturated carbocycles. The summed E-state index contributed by atoms with van der Waals surface area (Å²) in [5.74, 6) is -0.326. The van der Waals surface area contributed by atoms with Gasteiger partial charge in [-0.15, -0.1) is 0 Å². The molecule has 4 nitrogen and oxygen atoms in total. The second kappa shape index (κ2) is 5.66. The van der Waals surface area contributed by atoms with Crippen molar-refractivity contribution in [1.82, 2.24) is 4.90 Å². The van der Waals surface area contributed by atoms with Crippen LogP contribution in [0.2, 0.25) is 0 Å². The maximum absolute atomic E-state index is 5.42. The summed E-state index contributed by atoms with van der Waals surface area (Å²) >= 11 is 0. The van der Waals surface area contributed by atoms with Crippen molar-refractivity contribution in [3.05, 3.63) is 0 Å². The highest BCUT2D eigenvalue weighted by Gasteiger charge is 2.43. The SMILES string of the molecule is COC1(OC)CN(CCCCCN)C1. The van der Waals surface area contributed by atoms with Crippen LogP contribution in [0.1, 0.15) is 19.3 Å². The molecule has 0 aliphatic carbocycles. The number of ether oxygens (including phenoxy) is 2. The van der Waals surface area contributed by atoms with Crippen LogP contribution in [0, 0.1) is 0 Å². The predicted molar refractivity (Wildman–Crippen MR) is 56.1 cm³/mol. The largest absolute Gasteiger partial charge is 0.351 e. The van der Waals surface area contributed by atoms with Gasteiger partial charge in [0.05, 0.1) is 13.1 Å². The van der Waals surface area contributed by atoms with E-state index >= 15 is 0 Å². The van der Waals surface area contributed by atoms with Crippen molar-refractivity contribution in [2.75, 3.05) is 40.4 Å². The van der Waals surface area contributed by atoms with Crippen LogP contribution in [-0.2, 0) is 9.47 Å². The minimum atomic E-state index is -0.326. The zero-order valence-electron chi connectivity index (χ0n) is 9.29. The van der Waals surface area contributed by atoms with Gasteiger partial charge >= 0.3 is 0 Å². The number of methoxy groups -OCH3 is 2. The van der Waals surface area contributed by atoms with Gasteiger partial charge in [0.2, 0.25) is 0 Å². The van der Waals surface area contributed by atoms with Crippen molar-refractivity contribution < 1.29 is 9.47 Å². The summed E-state index contributed by atoms with van der Waals surface area (Å²) in [6, 6.07) is 0. The third-order valence-corrected chi connectivity index (χ3v) is 2.85. The minimum Gasteiger partial charge on any atom is -0.351 e. The zero-order chi connectivity index (χ0) is 10.4. The Morgan fingerprint density at radius 3 is 2.29 bits per heavy atom. The number of unbranched alkanes of at least 4 members (excludes halogenated alkanes) is 2.